The molecule has 0 aromatic carbocycles. The number of pyridine rings is 1. The predicted octanol–water partition coefficient (Wildman–Crippen LogP) is 2.80. The quantitative estimate of drug-likeness (QED) is 0.255. The first-order chi connectivity index (χ1) is 19.8. The normalized spacial score (nSPS) is 16.0. The third-order valence-corrected chi connectivity index (χ3v) is 8.58. The molecule has 1 unspecified atom stereocenters. The van der Waals surface area contributed by atoms with Gasteiger partial charge in [-0.3, -0.25) is 0 Å². The van der Waals surface area contributed by atoms with Gasteiger partial charge in [0.05, 0.1) is 18.3 Å². The van der Waals surface area contributed by atoms with Crippen LogP contribution in [0, 0.1) is 6.92 Å². The van der Waals surface area contributed by atoms with Gasteiger partial charge < -0.3 is 24.9 Å². The van der Waals surface area contributed by atoms with Crippen molar-refractivity contribution in [3.05, 3.63) is 54.6 Å². The van der Waals surface area contributed by atoms with Crippen molar-refractivity contribution in [2.45, 2.75) is 50.2 Å². The maximum atomic E-state index is 13.9. The van der Waals surface area contributed by atoms with Crippen molar-refractivity contribution in [3.63, 3.8) is 0 Å². The number of sulfonamides is 1. The van der Waals surface area contributed by atoms with Crippen LogP contribution >= 0.6 is 0 Å². The highest BCUT2D eigenvalue weighted by molar-refractivity contribution is 7.89. The zero-order valence-corrected chi connectivity index (χ0v) is 23.7. The Hall–Kier alpha value is -4.09. The largest absolute Gasteiger partial charge is 0.420 e. The first-order valence-corrected chi connectivity index (χ1v) is 14.4. The van der Waals surface area contributed by atoms with E-state index in [1.807, 2.05) is 0 Å². The van der Waals surface area contributed by atoms with E-state index in [2.05, 4.69) is 35.6 Å². The van der Waals surface area contributed by atoms with E-state index in [1.165, 1.54) is 42.5 Å². The Morgan fingerprint density at radius 1 is 1.10 bits per heavy atom. The number of hydrogen-bond acceptors (Lipinski definition) is 10. The molecule has 17 heteroatoms. The number of aliphatic hydroxyl groups excluding tert-OH is 1. The van der Waals surface area contributed by atoms with E-state index in [-0.39, 0.29) is 35.8 Å². The highest BCUT2D eigenvalue weighted by atomic mass is 32.2. The summed E-state index contributed by atoms with van der Waals surface area (Å²) >= 11 is 0. The number of imidazole rings is 2. The molecule has 5 rings (SSSR count). The summed E-state index contributed by atoms with van der Waals surface area (Å²) in [6.07, 6.45) is 3.06. The van der Waals surface area contributed by atoms with Crippen LogP contribution in [0.25, 0.3) is 17.1 Å². The minimum absolute atomic E-state index is 0.0229. The number of nitrogens with zero attached hydrogens (tertiary/aromatic N) is 8. The van der Waals surface area contributed by atoms with Crippen molar-refractivity contribution in [2.24, 2.45) is 7.05 Å². The summed E-state index contributed by atoms with van der Waals surface area (Å²) in [5.74, 6) is 0.392. The summed E-state index contributed by atoms with van der Waals surface area (Å²) in [5.41, 5.74) is -0.217. The molecule has 1 aliphatic heterocycles. The van der Waals surface area contributed by atoms with Gasteiger partial charge in [-0.2, -0.15) is 17.5 Å². The topological polar surface area (TPSA) is 156 Å². The smallest absolute Gasteiger partial charge is 0.374 e. The number of halogens is 3. The molecule has 0 radical (unpaired) electrons. The first-order valence-electron chi connectivity index (χ1n) is 13.0. The summed E-state index contributed by atoms with van der Waals surface area (Å²) in [7, 11) is -2.07. The van der Waals surface area contributed by atoms with Crippen LogP contribution in [0.3, 0.4) is 0 Å². The summed E-state index contributed by atoms with van der Waals surface area (Å²) in [6.45, 7) is 3.70. The van der Waals surface area contributed by atoms with Gasteiger partial charge in [0.25, 0.3) is 10.0 Å². The van der Waals surface area contributed by atoms with Crippen molar-refractivity contribution in [2.75, 3.05) is 23.7 Å². The average Bonchev–Trinajstić information content (AvgIpc) is 3.59. The second kappa shape index (κ2) is 11.3. The van der Waals surface area contributed by atoms with Gasteiger partial charge in [0.2, 0.25) is 5.95 Å². The van der Waals surface area contributed by atoms with Crippen LogP contribution in [0.15, 0.2) is 48.5 Å². The highest BCUT2D eigenvalue weighted by Crippen LogP contribution is 2.36. The number of nitrogens with one attached hydrogen (secondary N) is 2. The van der Waals surface area contributed by atoms with Crippen molar-refractivity contribution < 1.29 is 26.7 Å². The molecule has 4 aromatic rings. The minimum Gasteiger partial charge on any atom is -0.374 e. The molecule has 1 fully saturated rings. The van der Waals surface area contributed by atoms with Gasteiger partial charge in [-0.05, 0) is 32.8 Å². The van der Waals surface area contributed by atoms with E-state index in [9.17, 15) is 26.7 Å². The van der Waals surface area contributed by atoms with Crippen LogP contribution in [-0.2, 0) is 23.2 Å². The number of anilines is 2. The molecule has 1 atom stereocenters. The van der Waals surface area contributed by atoms with Crippen LogP contribution < -0.4 is 10.6 Å². The first kappa shape index (κ1) is 29.4. The fourth-order valence-electron chi connectivity index (χ4n) is 4.66. The summed E-state index contributed by atoms with van der Waals surface area (Å²) in [4.78, 5) is 20.4. The molecule has 5 heterocycles. The molecule has 0 amide bonds. The Kier molecular flexibility index (Phi) is 7.91. The molecule has 4 aromatic heterocycles. The van der Waals surface area contributed by atoms with Crippen LogP contribution in [0.2, 0.25) is 0 Å². The van der Waals surface area contributed by atoms with Crippen LogP contribution in [-0.4, -0.2) is 77.2 Å². The minimum atomic E-state index is -4.73. The van der Waals surface area contributed by atoms with Crippen LogP contribution in [0.5, 0.6) is 0 Å². The number of rotatable bonds is 8. The van der Waals surface area contributed by atoms with Crippen molar-refractivity contribution in [1.29, 1.82) is 0 Å². The zero-order valence-electron chi connectivity index (χ0n) is 22.9. The molecule has 0 aliphatic carbocycles. The molecule has 1 aliphatic rings. The van der Waals surface area contributed by atoms with Crippen LogP contribution in [0.4, 0.5) is 24.9 Å². The standard InChI is InChI=1S/C25H29F3N10O3S/c1-15-20(4-7-29-23(15)33-16(2)39)37-11-19(31-14-37)22-18(25(26,27)28)10-30-24(35-22)34-17-5-8-38(9-6-17)42(40,41)21-12-36(3)13-32-21/h4,7,10-14,16-17,39H,5-6,8-9H2,1-3H3,(H,29,33)(H,30,34,35). The SMILES string of the molecule is Cc1c(-n2cnc(-c3nc(NC4CCN(S(=O)(=O)c5cn(C)cn5)CC4)ncc3C(F)(F)F)c2)ccnc1NC(C)O. The van der Waals surface area contributed by atoms with Gasteiger partial charge >= 0.3 is 6.18 Å². The number of aromatic nitrogens is 7. The molecule has 224 valence electrons. The third kappa shape index (κ3) is 6.07. The molecule has 13 nitrogen and oxygen atoms in total. The van der Waals surface area contributed by atoms with Gasteiger partial charge in [-0.1, -0.05) is 0 Å². The van der Waals surface area contributed by atoms with Gasteiger partial charge in [0.15, 0.2) is 5.03 Å². The van der Waals surface area contributed by atoms with E-state index in [0.29, 0.717) is 36.1 Å². The highest BCUT2D eigenvalue weighted by Gasteiger charge is 2.37. The van der Waals surface area contributed by atoms with E-state index in [1.54, 1.807) is 29.2 Å². The second-order valence-corrected chi connectivity index (χ2v) is 11.8. The fourth-order valence-corrected chi connectivity index (χ4v) is 6.09. The lowest BCUT2D eigenvalue weighted by Crippen LogP contribution is -2.42. The van der Waals surface area contributed by atoms with Crippen molar-refractivity contribution >= 4 is 21.8 Å². The number of aliphatic hydroxyl groups is 1. The Balaban J connectivity index is 1.36. The monoisotopic (exact) mass is 606 g/mol. The van der Waals surface area contributed by atoms with E-state index < -0.39 is 33.7 Å². The Labute approximate surface area is 239 Å². The lowest BCUT2D eigenvalue weighted by molar-refractivity contribution is -0.137. The van der Waals surface area contributed by atoms with Crippen LogP contribution in [0.1, 0.15) is 30.9 Å². The fraction of sp³-hybridized carbons (Fsp3) is 0.400. The molecule has 0 spiro atoms. The van der Waals surface area contributed by atoms with Crippen molar-refractivity contribution in [1.82, 2.24) is 38.4 Å². The lowest BCUT2D eigenvalue weighted by Gasteiger charge is -2.31. The summed E-state index contributed by atoms with van der Waals surface area (Å²) < 4.78 is 72.0. The Bertz CT molecular complexity index is 1680. The lowest BCUT2D eigenvalue weighted by atomic mass is 10.1. The van der Waals surface area contributed by atoms with Gasteiger partial charge in [0.1, 0.15) is 29.0 Å². The predicted molar refractivity (Wildman–Crippen MR) is 146 cm³/mol. The number of piperidine rings is 1. The molecule has 42 heavy (non-hydrogen) atoms. The van der Waals surface area contributed by atoms with Gasteiger partial charge in [-0.15, -0.1) is 0 Å². The number of aryl methyl sites for hydroxylation is 1. The molecule has 1 saturated heterocycles. The molecule has 3 N–H and O–H groups in total. The zero-order chi connectivity index (χ0) is 30.2. The summed E-state index contributed by atoms with van der Waals surface area (Å²) in [6, 6.07) is 1.41. The summed E-state index contributed by atoms with van der Waals surface area (Å²) in [5, 5.41) is 15.5. The van der Waals surface area contributed by atoms with Crippen molar-refractivity contribution in [3.8, 4) is 17.1 Å². The third-order valence-electron chi connectivity index (χ3n) is 6.79. The maximum absolute atomic E-state index is 13.9. The number of hydrogen-bond donors (Lipinski definition) is 3. The van der Waals surface area contributed by atoms with E-state index >= 15 is 0 Å². The second-order valence-electron chi connectivity index (χ2n) is 9.94. The van der Waals surface area contributed by atoms with Gasteiger partial charge in [0, 0.05) is 56.5 Å². The number of alkyl halides is 3. The maximum Gasteiger partial charge on any atom is 0.420 e. The molecule has 0 bridgehead atoms. The Morgan fingerprint density at radius 2 is 1.83 bits per heavy atom. The average molecular weight is 607 g/mol. The van der Waals surface area contributed by atoms with Gasteiger partial charge in [-0.25, -0.2) is 33.3 Å². The molecular weight excluding hydrogens is 577 g/mol. The molecule has 0 saturated carbocycles. The van der Waals surface area contributed by atoms with E-state index in [4.69, 9.17) is 0 Å². The molecular formula is C25H29F3N10O3S. The van der Waals surface area contributed by atoms with E-state index in [0.717, 1.165) is 0 Å². The Morgan fingerprint density at radius 3 is 2.48 bits per heavy atom.